The van der Waals surface area contributed by atoms with Crippen LogP contribution < -0.4 is 0 Å². The molecule has 0 radical (unpaired) electrons. The molecular weight excluding hydrogens is 294 g/mol. The number of hydrogen-bond donors (Lipinski definition) is 0. The molecule has 0 saturated carbocycles. The van der Waals surface area contributed by atoms with E-state index in [9.17, 15) is 0 Å². The van der Waals surface area contributed by atoms with Crippen molar-refractivity contribution in [2.45, 2.75) is 0 Å². The van der Waals surface area contributed by atoms with Gasteiger partial charge in [-0.05, 0) is 35.4 Å². The first-order valence-electron chi connectivity index (χ1n) is 6.98. The van der Waals surface area contributed by atoms with Crippen LogP contribution in [-0.2, 0) is 0 Å². The maximum atomic E-state index is 6.00. The summed E-state index contributed by atoms with van der Waals surface area (Å²) in [5.74, 6) is 0. The average Bonchev–Trinajstić information content (AvgIpc) is 2.95. The summed E-state index contributed by atoms with van der Waals surface area (Å²) < 4.78 is 2.11. The fourth-order valence-electron chi connectivity index (χ4n) is 2.63. The molecule has 4 heteroatoms. The van der Waals surface area contributed by atoms with Gasteiger partial charge >= 0.3 is 0 Å². The Hall–Kier alpha value is -2.65. The molecule has 0 aliphatic rings. The highest BCUT2D eigenvalue weighted by Gasteiger charge is 2.14. The number of nitrogens with zero attached hydrogens (tertiary/aromatic N) is 3. The SMILES string of the molecule is Clc1ncc2cc(-c3ccccc3)n(-c3ccccc3)c2n1. The van der Waals surface area contributed by atoms with E-state index in [1.54, 1.807) is 6.20 Å². The second-order valence-electron chi connectivity index (χ2n) is 4.98. The molecular formula is C18H12ClN3. The fourth-order valence-corrected chi connectivity index (χ4v) is 2.76. The lowest BCUT2D eigenvalue weighted by molar-refractivity contribution is 1.08. The highest BCUT2D eigenvalue weighted by atomic mass is 35.5. The van der Waals surface area contributed by atoms with Crippen LogP contribution in [0.5, 0.6) is 0 Å². The van der Waals surface area contributed by atoms with Crippen LogP contribution in [0.3, 0.4) is 0 Å². The van der Waals surface area contributed by atoms with Crippen LogP contribution in [0.1, 0.15) is 0 Å². The monoisotopic (exact) mass is 305 g/mol. The zero-order valence-electron chi connectivity index (χ0n) is 11.6. The normalized spacial score (nSPS) is 11.0. The lowest BCUT2D eigenvalue weighted by Gasteiger charge is -2.10. The third-order valence-corrected chi connectivity index (χ3v) is 3.78. The molecule has 0 atom stereocenters. The second-order valence-corrected chi connectivity index (χ2v) is 5.32. The van der Waals surface area contributed by atoms with Gasteiger partial charge in [0.1, 0.15) is 5.65 Å². The molecule has 0 saturated heterocycles. The van der Waals surface area contributed by atoms with E-state index in [0.717, 1.165) is 28.0 Å². The number of fused-ring (bicyclic) bond motifs is 1. The smallest absolute Gasteiger partial charge is 0.224 e. The minimum atomic E-state index is 0.252. The molecule has 0 fully saturated rings. The van der Waals surface area contributed by atoms with Gasteiger partial charge in [-0.15, -0.1) is 0 Å². The molecule has 0 amide bonds. The highest BCUT2D eigenvalue weighted by Crippen LogP contribution is 2.30. The Morgan fingerprint density at radius 1 is 0.864 bits per heavy atom. The molecule has 0 spiro atoms. The number of hydrogen-bond acceptors (Lipinski definition) is 2. The number of aromatic nitrogens is 3. The van der Waals surface area contributed by atoms with E-state index in [1.165, 1.54) is 0 Å². The Kier molecular flexibility index (Phi) is 3.13. The van der Waals surface area contributed by atoms with Crippen molar-refractivity contribution >= 4 is 22.6 Å². The zero-order valence-corrected chi connectivity index (χ0v) is 12.4. The zero-order chi connectivity index (χ0) is 14.9. The van der Waals surface area contributed by atoms with Gasteiger partial charge in [0.15, 0.2) is 0 Å². The van der Waals surface area contributed by atoms with E-state index in [2.05, 4.69) is 44.9 Å². The molecule has 2 aromatic heterocycles. The maximum absolute atomic E-state index is 6.00. The van der Waals surface area contributed by atoms with E-state index >= 15 is 0 Å². The minimum absolute atomic E-state index is 0.252. The third-order valence-electron chi connectivity index (χ3n) is 3.60. The van der Waals surface area contributed by atoms with E-state index in [-0.39, 0.29) is 5.28 Å². The summed E-state index contributed by atoms with van der Waals surface area (Å²) in [7, 11) is 0. The van der Waals surface area contributed by atoms with Gasteiger partial charge in [0.05, 0.1) is 5.69 Å². The molecule has 2 aromatic carbocycles. The summed E-state index contributed by atoms with van der Waals surface area (Å²) in [5.41, 5.74) is 4.05. The lowest BCUT2D eigenvalue weighted by Crippen LogP contribution is -1.98. The number of halogens is 1. The molecule has 0 bridgehead atoms. The molecule has 3 nitrogen and oxygen atoms in total. The highest BCUT2D eigenvalue weighted by molar-refractivity contribution is 6.28. The molecule has 4 rings (SSSR count). The molecule has 106 valence electrons. The van der Waals surface area contributed by atoms with Crippen molar-refractivity contribution in [2.75, 3.05) is 0 Å². The van der Waals surface area contributed by atoms with Crippen molar-refractivity contribution in [3.8, 4) is 16.9 Å². The van der Waals surface area contributed by atoms with Crippen LogP contribution in [-0.4, -0.2) is 14.5 Å². The predicted octanol–water partition coefficient (Wildman–Crippen LogP) is 4.74. The van der Waals surface area contributed by atoms with Gasteiger partial charge in [-0.2, -0.15) is 4.98 Å². The first kappa shape index (κ1) is 13.0. The standard InChI is InChI=1S/C18H12ClN3/c19-18-20-12-14-11-16(13-7-3-1-4-8-13)22(17(14)21-18)15-9-5-2-6-10-15/h1-12H. The van der Waals surface area contributed by atoms with E-state index in [0.29, 0.717) is 0 Å². The van der Waals surface area contributed by atoms with Gasteiger partial charge in [-0.1, -0.05) is 48.5 Å². The first-order chi connectivity index (χ1) is 10.8. The topological polar surface area (TPSA) is 30.7 Å². The lowest BCUT2D eigenvalue weighted by atomic mass is 10.1. The molecule has 0 aliphatic heterocycles. The van der Waals surface area contributed by atoms with Crippen molar-refractivity contribution in [1.82, 2.24) is 14.5 Å². The first-order valence-corrected chi connectivity index (χ1v) is 7.35. The van der Waals surface area contributed by atoms with Crippen LogP contribution >= 0.6 is 11.6 Å². The van der Waals surface area contributed by atoms with Gasteiger partial charge in [0.2, 0.25) is 5.28 Å². The Bertz CT molecular complexity index is 931. The van der Waals surface area contributed by atoms with Crippen LogP contribution in [0.25, 0.3) is 28.0 Å². The third kappa shape index (κ3) is 2.16. The van der Waals surface area contributed by atoms with Crippen molar-refractivity contribution in [3.63, 3.8) is 0 Å². The van der Waals surface area contributed by atoms with Crippen molar-refractivity contribution < 1.29 is 0 Å². The Morgan fingerprint density at radius 2 is 1.55 bits per heavy atom. The molecule has 4 aromatic rings. The number of benzene rings is 2. The summed E-state index contributed by atoms with van der Waals surface area (Å²) in [6.07, 6.45) is 1.76. The van der Waals surface area contributed by atoms with Gasteiger partial charge < -0.3 is 0 Å². The summed E-state index contributed by atoms with van der Waals surface area (Å²) >= 11 is 6.00. The number of para-hydroxylation sites is 1. The predicted molar refractivity (Wildman–Crippen MR) is 89.3 cm³/mol. The van der Waals surface area contributed by atoms with Gasteiger partial charge in [0, 0.05) is 17.3 Å². The van der Waals surface area contributed by atoms with Crippen LogP contribution in [0.2, 0.25) is 5.28 Å². The Balaban J connectivity index is 2.08. The fraction of sp³-hybridized carbons (Fsp3) is 0. The number of rotatable bonds is 2. The summed E-state index contributed by atoms with van der Waals surface area (Å²) in [4.78, 5) is 8.51. The van der Waals surface area contributed by atoms with Gasteiger partial charge in [0.25, 0.3) is 0 Å². The van der Waals surface area contributed by atoms with Crippen molar-refractivity contribution in [1.29, 1.82) is 0 Å². The van der Waals surface area contributed by atoms with Crippen LogP contribution in [0, 0.1) is 0 Å². The summed E-state index contributed by atoms with van der Waals surface area (Å²) in [5, 5.41) is 1.22. The molecule has 0 aliphatic carbocycles. The molecule has 0 N–H and O–H groups in total. The summed E-state index contributed by atoms with van der Waals surface area (Å²) in [6.45, 7) is 0. The van der Waals surface area contributed by atoms with Crippen LogP contribution in [0.4, 0.5) is 0 Å². The molecule has 22 heavy (non-hydrogen) atoms. The second kappa shape index (κ2) is 5.28. The van der Waals surface area contributed by atoms with E-state index in [1.807, 2.05) is 36.4 Å². The Labute approximate surface area is 132 Å². The van der Waals surface area contributed by atoms with Crippen molar-refractivity contribution in [3.05, 3.63) is 78.2 Å². The molecule has 2 heterocycles. The quantitative estimate of drug-likeness (QED) is 0.501. The largest absolute Gasteiger partial charge is 0.294 e. The average molecular weight is 306 g/mol. The Morgan fingerprint density at radius 3 is 2.27 bits per heavy atom. The van der Waals surface area contributed by atoms with Crippen LogP contribution in [0.15, 0.2) is 72.9 Å². The summed E-state index contributed by atoms with van der Waals surface area (Å²) in [6, 6.07) is 22.5. The van der Waals surface area contributed by atoms with E-state index in [4.69, 9.17) is 11.6 Å². The van der Waals surface area contributed by atoms with Gasteiger partial charge in [-0.25, -0.2) is 4.98 Å². The van der Waals surface area contributed by atoms with E-state index < -0.39 is 0 Å². The minimum Gasteiger partial charge on any atom is -0.294 e. The maximum Gasteiger partial charge on any atom is 0.224 e. The molecule has 0 unspecified atom stereocenters. The van der Waals surface area contributed by atoms with Crippen molar-refractivity contribution in [2.24, 2.45) is 0 Å². The van der Waals surface area contributed by atoms with Gasteiger partial charge in [-0.3, -0.25) is 4.57 Å².